The molecule has 4 rings (SSSR count). The van der Waals surface area contributed by atoms with Crippen LogP contribution in [-0.2, 0) is 33.3 Å². The van der Waals surface area contributed by atoms with Crippen LogP contribution in [0.1, 0.15) is 62.1 Å². The number of amides is 1. The van der Waals surface area contributed by atoms with Crippen LogP contribution in [0, 0.1) is 11.8 Å². The molecule has 0 spiro atoms. The van der Waals surface area contributed by atoms with E-state index < -0.39 is 29.0 Å². The van der Waals surface area contributed by atoms with Crippen LogP contribution in [0.5, 0.6) is 0 Å². The number of carbonyl (C=O) groups excluding carboxylic acids is 2. The zero-order valence-electron chi connectivity index (χ0n) is 26.6. The van der Waals surface area contributed by atoms with Crippen molar-refractivity contribution < 1.29 is 32.2 Å². The lowest BCUT2D eigenvalue weighted by Crippen LogP contribution is -2.50. The number of hydrogen-bond donors (Lipinski definition) is 1. The van der Waals surface area contributed by atoms with Gasteiger partial charge < -0.3 is 24.6 Å². The van der Waals surface area contributed by atoms with Gasteiger partial charge in [0.25, 0.3) is 0 Å². The number of anilines is 3. The average molecular weight is 638 g/mol. The van der Waals surface area contributed by atoms with Crippen molar-refractivity contribution in [2.24, 2.45) is 0 Å². The number of ether oxygens (including phenoxy) is 2. The van der Waals surface area contributed by atoms with Gasteiger partial charge in [0.1, 0.15) is 16.9 Å². The molecule has 3 aromatic rings. The number of hydrogen-bond acceptors (Lipinski definition) is 8. The number of halogens is 3. The van der Waals surface area contributed by atoms with E-state index in [0.29, 0.717) is 49.2 Å². The van der Waals surface area contributed by atoms with Crippen LogP contribution < -0.4 is 10.2 Å². The van der Waals surface area contributed by atoms with E-state index in [-0.39, 0.29) is 18.5 Å². The van der Waals surface area contributed by atoms with Gasteiger partial charge in [-0.15, -0.1) is 0 Å². The highest BCUT2D eigenvalue weighted by Gasteiger charge is 2.35. The molecule has 1 saturated heterocycles. The zero-order chi connectivity index (χ0) is 33.5. The second kappa shape index (κ2) is 14.5. The maximum absolute atomic E-state index is 13.9. The summed E-state index contributed by atoms with van der Waals surface area (Å²) >= 11 is 0. The Hall–Kier alpha value is -4.79. The van der Waals surface area contributed by atoms with Gasteiger partial charge in [-0.2, -0.15) is 13.2 Å². The number of methoxy groups -OCH3 is 1. The van der Waals surface area contributed by atoms with Crippen LogP contribution in [0.25, 0.3) is 0 Å². The van der Waals surface area contributed by atoms with Crippen LogP contribution >= 0.6 is 0 Å². The van der Waals surface area contributed by atoms with E-state index in [1.807, 2.05) is 45.9 Å². The highest BCUT2D eigenvalue weighted by molar-refractivity contribution is 5.74. The second-order valence-corrected chi connectivity index (χ2v) is 11.8. The Balaban J connectivity index is 1.52. The van der Waals surface area contributed by atoms with E-state index in [0.717, 1.165) is 24.1 Å². The maximum atomic E-state index is 13.9. The lowest BCUT2D eigenvalue weighted by atomic mass is 9.99. The van der Waals surface area contributed by atoms with Gasteiger partial charge in [0.2, 0.25) is 5.95 Å². The highest BCUT2D eigenvalue weighted by atomic mass is 19.4. The molecule has 1 aromatic heterocycles. The first-order valence-electron chi connectivity index (χ1n) is 15.0. The smallest absolute Gasteiger partial charge is 0.420 e. The molecule has 0 unspecified atom stereocenters. The van der Waals surface area contributed by atoms with E-state index in [1.165, 1.54) is 7.11 Å². The number of piperazine rings is 1. The monoisotopic (exact) mass is 637 g/mol. The lowest BCUT2D eigenvalue weighted by Gasteiger charge is -2.36. The van der Waals surface area contributed by atoms with Crippen molar-refractivity contribution in [3.63, 3.8) is 0 Å². The fourth-order valence-corrected chi connectivity index (χ4v) is 4.80. The fourth-order valence-electron chi connectivity index (χ4n) is 4.80. The van der Waals surface area contributed by atoms with Gasteiger partial charge in [0, 0.05) is 49.3 Å². The molecular weight excluding hydrogens is 599 g/mol. The largest absolute Gasteiger partial charge is 0.469 e. The summed E-state index contributed by atoms with van der Waals surface area (Å²) in [4.78, 5) is 36.1. The molecule has 0 saturated carbocycles. The molecule has 2 heterocycles. The Labute approximate surface area is 267 Å². The van der Waals surface area contributed by atoms with E-state index in [9.17, 15) is 22.8 Å². The molecule has 0 bridgehead atoms. The number of rotatable bonds is 7. The molecule has 0 atom stereocenters. The summed E-state index contributed by atoms with van der Waals surface area (Å²) in [5.74, 6) is 4.86. The summed E-state index contributed by atoms with van der Waals surface area (Å²) < 4.78 is 51.9. The van der Waals surface area contributed by atoms with E-state index in [4.69, 9.17) is 9.47 Å². The minimum absolute atomic E-state index is 0.0504. The molecule has 1 aliphatic heterocycles. The first kappa shape index (κ1) is 34.1. The number of benzene rings is 2. The molecule has 0 radical (unpaired) electrons. The molecule has 1 N–H and O–H groups in total. The zero-order valence-corrected chi connectivity index (χ0v) is 26.6. The topological polar surface area (TPSA) is 96.9 Å². The Bertz CT molecular complexity index is 1600. The third kappa shape index (κ3) is 9.36. The summed E-state index contributed by atoms with van der Waals surface area (Å²) in [6.07, 6.45) is -2.79. The molecule has 1 fully saturated rings. The van der Waals surface area contributed by atoms with Crippen LogP contribution in [0.4, 0.5) is 35.3 Å². The number of aryl methyl sites for hydroxylation is 1. The first-order chi connectivity index (χ1) is 21.8. The molecule has 244 valence electrons. The van der Waals surface area contributed by atoms with E-state index >= 15 is 0 Å². The van der Waals surface area contributed by atoms with Gasteiger partial charge in [0.15, 0.2) is 0 Å². The fraction of sp³-hybridized carbons (Fsp3) is 0.412. The summed E-state index contributed by atoms with van der Waals surface area (Å²) in [7, 11) is 1.27. The Morgan fingerprint density at radius 3 is 2.30 bits per heavy atom. The van der Waals surface area contributed by atoms with Crippen LogP contribution in [0.2, 0.25) is 0 Å². The van der Waals surface area contributed by atoms with Crippen LogP contribution in [0.15, 0.2) is 48.7 Å². The number of aromatic nitrogens is 2. The molecule has 1 amide bonds. The third-order valence-corrected chi connectivity index (χ3v) is 7.11. The normalized spacial score (nSPS) is 13.5. The number of alkyl halides is 3. The highest BCUT2D eigenvalue weighted by Crippen LogP contribution is 2.31. The van der Waals surface area contributed by atoms with Gasteiger partial charge in [-0.3, -0.25) is 4.79 Å². The molecular formula is C34H38F3N5O4. The van der Waals surface area contributed by atoms with Crippen molar-refractivity contribution in [1.29, 1.82) is 0 Å². The summed E-state index contributed by atoms with van der Waals surface area (Å²) in [6.45, 7) is 9.80. The van der Waals surface area contributed by atoms with Crippen molar-refractivity contribution in [2.75, 3.05) is 43.5 Å². The second-order valence-electron chi connectivity index (χ2n) is 11.8. The number of esters is 1. The molecule has 2 aromatic carbocycles. The molecule has 0 aliphatic carbocycles. The number of carbonyl (C=O) groups is 2. The van der Waals surface area contributed by atoms with Crippen molar-refractivity contribution >= 4 is 29.4 Å². The Morgan fingerprint density at radius 2 is 1.70 bits per heavy atom. The van der Waals surface area contributed by atoms with E-state index in [2.05, 4.69) is 32.0 Å². The standard InChI is InChI=1S/C34H38F3N5O4/c1-6-7-23-8-9-25(21-30(43)45-5)24(20-23)10-15-29-28(34(35,36)37)22-38-31(40-29)39-26-11-13-27(14-12-26)41-16-18-42(19-17-41)32(44)46-33(2,3)4/h8-9,11-14,20,22H,6-7,16-19,21H2,1-5H3,(H,38,39,40). The number of nitrogens with one attached hydrogen (secondary N) is 1. The van der Waals surface area contributed by atoms with E-state index in [1.54, 1.807) is 29.2 Å². The van der Waals surface area contributed by atoms with Crippen LogP contribution in [0.3, 0.4) is 0 Å². The first-order valence-corrected chi connectivity index (χ1v) is 15.0. The third-order valence-electron chi connectivity index (χ3n) is 7.11. The minimum Gasteiger partial charge on any atom is -0.469 e. The summed E-state index contributed by atoms with van der Waals surface area (Å²) in [5, 5.41) is 2.96. The predicted molar refractivity (Wildman–Crippen MR) is 169 cm³/mol. The SMILES string of the molecule is CCCc1ccc(CC(=O)OC)c(C#Cc2nc(Nc3ccc(N4CCN(C(=O)OC(C)(C)C)CC4)cc3)ncc2C(F)(F)F)c1. The molecule has 46 heavy (non-hydrogen) atoms. The van der Waals surface area contributed by atoms with Gasteiger partial charge >= 0.3 is 18.2 Å². The van der Waals surface area contributed by atoms with Gasteiger partial charge in [-0.05, 0) is 74.6 Å². The average Bonchev–Trinajstić information content (AvgIpc) is 3.00. The molecule has 9 nitrogen and oxygen atoms in total. The van der Waals surface area contributed by atoms with Crippen molar-refractivity contribution in [2.45, 2.75) is 58.7 Å². The Morgan fingerprint density at radius 1 is 1.00 bits per heavy atom. The Kier molecular flexibility index (Phi) is 10.8. The minimum atomic E-state index is -4.73. The van der Waals surface area contributed by atoms with Gasteiger partial charge in [-0.1, -0.05) is 31.4 Å². The predicted octanol–water partition coefficient (Wildman–Crippen LogP) is 6.36. The van der Waals surface area contributed by atoms with Crippen LogP contribution in [-0.4, -0.2) is 65.8 Å². The van der Waals surface area contributed by atoms with Crippen molar-refractivity contribution in [3.8, 4) is 11.8 Å². The van der Waals surface area contributed by atoms with Gasteiger partial charge in [0.05, 0.1) is 13.5 Å². The quantitative estimate of drug-likeness (QED) is 0.236. The van der Waals surface area contributed by atoms with Crippen molar-refractivity contribution in [3.05, 3.63) is 76.6 Å². The van der Waals surface area contributed by atoms with Gasteiger partial charge in [-0.25, -0.2) is 14.8 Å². The lowest BCUT2D eigenvalue weighted by molar-refractivity contribution is -0.140. The summed E-state index contributed by atoms with van der Waals surface area (Å²) in [6, 6.07) is 12.7. The number of nitrogens with zero attached hydrogens (tertiary/aromatic N) is 4. The summed E-state index contributed by atoms with van der Waals surface area (Å²) in [5.41, 5.74) is 1.32. The molecule has 12 heteroatoms. The maximum Gasteiger partial charge on any atom is 0.420 e. The van der Waals surface area contributed by atoms with Crippen molar-refractivity contribution in [1.82, 2.24) is 14.9 Å². The molecule has 1 aliphatic rings.